The summed E-state index contributed by atoms with van der Waals surface area (Å²) >= 11 is 0. The molecule has 0 fully saturated rings. The second-order valence-corrected chi connectivity index (χ2v) is 6.92. The number of pyridine rings is 1. The molecule has 0 bridgehead atoms. The summed E-state index contributed by atoms with van der Waals surface area (Å²) in [4.78, 5) is 27.7. The van der Waals surface area contributed by atoms with Crippen molar-refractivity contribution >= 4 is 28.9 Å². The maximum Gasteiger partial charge on any atom is 0.255 e. The molecule has 0 aliphatic rings. The van der Waals surface area contributed by atoms with Crippen LogP contribution in [0.1, 0.15) is 21.5 Å². The zero-order chi connectivity index (χ0) is 20.9. The average Bonchev–Trinajstić information content (AvgIpc) is 2.78. The number of benzene rings is 2. The number of aryl methyl sites for hydroxylation is 2. The molecular formula is C24H21N5O. The maximum atomic E-state index is 12.7. The highest BCUT2D eigenvalue weighted by Crippen LogP contribution is 2.35. The van der Waals surface area contributed by atoms with Gasteiger partial charge in [-0.15, -0.1) is 0 Å². The molecule has 30 heavy (non-hydrogen) atoms. The van der Waals surface area contributed by atoms with Crippen molar-refractivity contribution in [3.63, 3.8) is 0 Å². The molecule has 2 heterocycles. The fourth-order valence-electron chi connectivity index (χ4n) is 3.09. The zero-order valence-corrected chi connectivity index (χ0v) is 16.8. The van der Waals surface area contributed by atoms with Crippen molar-refractivity contribution < 1.29 is 4.79 Å². The van der Waals surface area contributed by atoms with Crippen LogP contribution >= 0.6 is 0 Å². The number of aromatic nitrogens is 3. The number of carbonyl (C=O) groups is 1. The Morgan fingerprint density at radius 2 is 1.67 bits per heavy atom. The van der Waals surface area contributed by atoms with E-state index in [1.54, 1.807) is 30.9 Å². The summed E-state index contributed by atoms with van der Waals surface area (Å²) in [6.07, 6.45) is 6.88. The molecule has 4 rings (SSSR count). The fourth-order valence-corrected chi connectivity index (χ4v) is 3.09. The van der Waals surface area contributed by atoms with Crippen LogP contribution in [0, 0.1) is 13.8 Å². The summed E-state index contributed by atoms with van der Waals surface area (Å²) in [6, 6.07) is 18.8. The summed E-state index contributed by atoms with van der Waals surface area (Å²) in [5.74, 6) is 0.365. The molecule has 0 aliphatic carbocycles. The predicted octanol–water partition coefficient (Wildman–Crippen LogP) is 5.21. The number of amides is 1. The van der Waals surface area contributed by atoms with Crippen LogP contribution in [0.15, 0.2) is 85.5 Å². The van der Waals surface area contributed by atoms with Crippen molar-refractivity contribution in [2.24, 2.45) is 0 Å². The largest absolute Gasteiger partial charge is 0.322 e. The summed E-state index contributed by atoms with van der Waals surface area (Å²) in [5.41, 5.74) is 5.10. The monoisotopic (exact) mass is 395 g/mol. The first-order chi connectivity index (χ1) is 14.6. The minimum Gasteiger partial charge on any atom is -0.322 e. The standard InChI is InChI=1S/C24H21N5O/c1-17-6-9-19(10-7-17)23(30)28-20-11-8-18(2)22(15-20)29(21-5-3-12-25-16-21)24-26-13-4-14-27-24/h3-16H,1-2H3,(H,28,30). The van der Waals surface area contributed by atoms with E-state index in [1.165, 1.54) is 0 Å². The molecule has 2 aromatic carbocycles. The molecule has 0 aliphatic heterocycles. The number of hydrogen-bond acceptors (Lipinski definition) is 5. The maximum absolute atomic E-state index is 12.7. The molecule has 6 nitrogen and oxygen atoms in total. The van der Waals surface area contributed by atoms with Gasteiger partial charge in [-0.1, -0.05) is 23.8 Å². The Bertz CT molecular complexity index is 1110. The molecule has 0 radical (unpaired) electrons. The Balaban J connectivity index is 1.72. The number of hydrogen-bond donors (Lipinski definition) is 1. The van der Waals surface area contributed by atoms with Gasteiger partial charge in [-0.3, -0.25) is 14.7 Å². The third kappa shape index (κ3) is 4.17. The van der Waals surface area contributed by atoms with E-state index in [0.29, 0.717) is 17.2 Å². The van der Waals surface area contributed by atoms with E-state index in [2.05, 4.69) is 20.3 Å². The van der Waals surface area contributed by atoms with Gasteiger partial charge in [0.15, 0.2) is 0 Å². The van der Waals surface area contributed by atoms with Crippen molar-refractivity contribution in [1.29, 1.82) is 0 Å². The van der Waals surface area contributed by atoms with Crippen molar-refractivity contribution in [2.45, 2.75) is 13.8 Å². The number of anilines is 4. The zero-order valence-electron chi connectivity index (χ0n) is 16.8. The van der Waals surface area contributed by atoms with Gasteiger partial charge >= 0.3 is 0 Å². The molecule has 6 heteroatoms. The molecule has 0 spiro atoms. The van der Waals surface area contributed by atoms with Gasteiger partial charge in [0.2, 0.25) is 5.95 Å². The average molecular weight is 395 g/mol. The van der Waals surface area contributed by atoms with E-state index < -0.39 is 0 Å². The van der Waals surface area contributed by atoms with E-state index in [1.807, 2.05) is 73.3 Å². The van der Waals surface area contributed by atoms with Crippen LogP contribution in [-0.4, -0.2) is 20.9 Å². The highest BCUT2D eigenvalue weighted by Gasteiger charge is 2.18. The summed E-state index contributed by atoms with van der Waals surface area (Å²) in [6.45, 7) is 4.00. The van der Waals surface area contributed by atoms with Gasteiger partial charge < -0.3 is 5.32 Å². The van der Waals surface area contributed by atoms with Crippen molar-refractivity contribution in [2.75, 3.05) is 10.2 Å². The molecule has 1 amide bonds. The van der Waals surface area contributed by atoms with Gasteiger partial charge in [-0.05, 0) is 61.9 Å². The molecule has 1 N–H and O–H groups in total. The predicted molar refractivity (Wildman–Crippen MR) is 118 cm³/mol. The Morgan fingerprint density at radius 1 is 0.900 bits per heavy atom. The van der Waals surface area contributed by atoms with Crippen LogP contribution in [0.3, 0.4) is 0 Å². The third-order valence-electron chi connectivity index (χ3n) is 4.68. The first-order valence-electron chi connectivity index (χ1n) is 9.58. The van der Waals surface area contributed by atoms with Gasteiger partial charge in [0.25, 0.3) is 5.91 Å². The Labute approximate surface area is 175 Å². The van der Waals surface area contributed by atoms with E-state index >= 15 is 0 Å². The van der Waals surface area contributed by atoms with Gasteiger partial charge in [0.05, 0.1) is 17.6 Å². The lowest BCUT2D eigenvalue weighted by atomic mass is 10.1. The minimum absolute atomic E-state index is 0.159. The van der Waals surface area contributed by atoms with Crippen LogP contribution in [-0.2, 0) is 0 Å². The van der Waals surface area contributed by atoms with Gasteiger partial charge in [0, 0.05) is 29.8 Å². The normalized spacial score (nSPS) is 10.5. The highest BCUT2D eigenvalue weighted by molar-refractivity contribution is 6.04. The second-order valence-electron chi connectivity index (χ2n) is 6.92. The summed E-state index contributed by atoms with van der Waals surface area (Å²) < 4.78 is 0. The van der Waals surface area contributed by atoms with Gasteiger partial charge in [-0.25, -0.2) is 9.97 Å². The Morgan fingerprint density at radius 3 is 2.37 bits per heavy atom. The molecule has 0 atom stereocenters. The van der Waals surface area contributed by atoms with Gasteiger partial charge in [-0.2, -0.15) is 0 Å². The number of nitrogens with zero attached hydrogens (tertiary/aromatic N) is 4. The molecule has 4 aromatic rings. The Kier molecular flexibility index (Phi) is 5.48. The second kappa shape index (κ2) is 8.53. The van der Waals surface area contributed by atoms with Crippen molar-refractivity contribution in [3.05, 3.63) is 102 Å². The quantitative estimate of drug-likeness (QED) is 0.502. The van der Waals surface area contributed by atoms with Crippen LogP contribution in [0.5, 0.6) is 0 Å². The third-order valence-corrected chi connectivity index (χ3v) is 4.68. The van der Waals surface area contributed by atoms with Crippen LogP contribution in [0.4, 0.5) is 23.0 Å². The molecule has 2 aromatic heterocycles. The fraction of sp³-hybridized carbons (Fsp3) is 0.0833. The lowest BCUT2D eigenvalue weighted by molar-refractivity contribution is 0.102. The van der Waals surface area contributed by atoms with Crippen molar-refractivity contribution in [1.82, 2.24) is 15.0 Å². The van der Waals surface area contributed by atoms with Crippen LogP contribution in [0.2, 0.25) is 0 Å². The lowest BCUT2D eigenvalue weighted by Gasteiger charge is -2.24. The highest BCUT2D eigenvalue weighted by atomic mass is 16.1. The van der Waals surface area contributed by atoms with Crippen molar-refractivity contribution in [3.8, 4) is 0 Å². The molecule has 0 saturated heterocycles. The first kappa shape index (κ1) is 19.3. The molecule has 0 saturated carbocycles. The Hall–Kier alpha value is -4.06. The van der Waals surface area contributed by atoms with E-state index in [4.69, 9.17) is 0 Å². The van der Waals surface area contributed by atoms with Gasteiger partial charge in [0.1, 0.15) is 0 Å². The minimum atomic E-state index is -0.159. The smallest absolute Gasteiger partial charge is 0.255 e. The SMILES string of the molecule is Cc1ccc(C(=O)Nc2ccc(C)c(N(c3cccnc3)c3ncccn3)c2)cc1. The summed E-state index contributed by atoms with van der Waals surface area (Å²) in [5, 5.41) is 2.98. The molecule has 0 unspecified atom stereocenters. The number of rotatable bonds is 5. The summed E-state index contributed by atoms with van der Waals surface area (Å²) in [7, 11) is 0. The van der Waals surface area contributed by atoms with Crippen LogP contribution in [0.25, 0.3) is 0 Å². The molecular weight excluding hydrogens is 374 g/mol. The first-order valence-corrected chi connectivity index (χ1v) is 9.58. The van der Waals surface area contributed by atoms with E-state index in [-0.39, 0.29) is 5.91 Å². The number of nitrogens with one attached hydrogen (secondary N) is 1. The molecule has 148 valence electrons. The number of carbonyl (C=O) groups excluding carboxylic acids is 1. The van der Waals surface area contributed by atoms with E-state index in [9.17, 15) is 4.79 Å². The lowest BCUT2D eigenvalue weighted by Crippen LogP contribution is -2.16. The van der Waals surface area contributed by atoms with Crippen LogP contribution < -0.4 is 10.2 Å². The topological polar surface area (TPSA) is 71.0 Å². The van der Waals surface area contributed by atoms with E-state index in [0.717, 1.165) is 22.5 Å².